The number of hydrogen-bond acceptors (Lipinski definition) is 2. The Morgan fingerprint density at radius 2 is 2.00 bits per heavy atom. The average molecular weight is 126 g/mol. The van der Waals surface area contributed by atoms with E-state index in [4.69, 9.17) is 11.1 Å². The lowest BCUT2D eigenvalue weighted by Gasteiger charge is -2.05. The van der Waals surface area contributed by atoms with Crippen molar-refractivity contribution in [3.63, 3.8) is 0 Å². The fourth-order valence-electron chi connectivity index (χ4n) is 0.545. The molecule has 0 heterocycles. The van der Waals surface area contributed by atoms with E-state index in [0.717, 1.165) is 5.57 Å². The normalized spacial score (nSPS) is 12.2. The lowest BCUT2D eigenvalue weighted by Crippen LogP contribution is -2.08. The van der Waals surface area contributed by atoms with Gasteiger partial charge in [0.15, 0.2) is 0 Å². The second-order valence-corrected chi connectivity index (χ2v) is 2.42. The summed E-state index contributed by atoms with van der Waals surface area (Å²) in [5, 5.41) is 7.40. The zero-order valence-electron chi connectivity index (χ0n) is 6.23. The number of rotatable bonds is 2. The summed E-state index contributed by atoms with van der Waals surface area (Å²) in [4.78, 5) is 0. The van der Waals surface area contributed by atoms with Crippen molar-refractivity contribution >= 4 is 5.71 Å². The Balaban J connectivity index is 4.06. The van der Waals surface area contributed by atoms with Gasteiger partial charge in [0.1, 0.15) is 0 Å². The molecule has 0 bridgehead atoms. The second-order valence-electron chi connectivity index (χ2n) is 2.42. The Morgan fingerprint density at radius 3 is 2.11 bits per heavy atom. The van der Waals surface area contributed by atoms with E-state index in [1.165, 1.54) is 6.20 Å². The highest BCUT2D eigenvalue weighted by molar-refractivity contribution is 5.98. The lowest BCUT2D eigenvalue weighted by molar-refractivity contribution is 0.874. The minimum absolute atomic E-state index is 0.282. The zero-order chi connectivity index (χ0) is 7.44. The quantitative estimate of drug-likeness (QED) is 0.541. The first-order valence-electron chi connectivity index (χ1n) is 3.07. The van der Waals surface area contributed by atoms with Crippen LogP contribution in [0.4, 0.5) is 0 Å². The van der Waals surface area contributed by atoms with Gasteiger partial charge in [-0.3, -0.25) is 0 Å². The first kappa shape index (κ1) is 8.21. The summed E-state index contributed by atoms with van der Waals surface area (Å²) in [7, 11) is 0. The molecule has 0 unspecified atom stereocenters. The Labute approximate surface area is 56.3 Å². The minimum atomic E-state index is 0.282. The summed E-state index contributed by atoms with van der Waals surface area (Å²) in [5.41, 5.74) is 6.70. The van der Waals surface area contributed by atoms with Crippen molar-refractivity contribution in [1.82, 2.24) is 0 Å². The SMILES string of the molecule is C/C(=C/N)C(=N)C(C)C. The van der Waals surface area contributed by atoms with Crippen molar-refractivity contribution in [3.8, 4) is 0 Å². The summed E-state index contributed by atoms with van der Waals surface area (Å²) in [6.45, 7) is 5.81. The predicted octanol–water partition coefficient (Wildman–Crippen LogP) is 1.52. The van der Waals surface area contributed by atoms with Gasteiger partial charge in [-0.05, 0) is 24.6 Å². The fourth-order valence-corrected chi connectivity index (χ4v) is 0.545. The van der Waals surface area contributed by atoms with E-state index in [-0.39, 0.29) is 5.92 Å². The van der Waals surface area contributed by atoms with Gasteiger partial charge in [0.25, 0.3) is 0 Å². The maximum atomic E-state index is 7.40. The largest absolute Gasteiger partial charge is 0.404 e. The maximum absolute atomic E-state index is 7.40. The van der Waals surface area contributed by atoms with Gasteiger partial charge in [-0.25, -0.2) is 0 Å². The van der Waals surface area contributed by atoms with Crippen LogP contribution in [0.25, 0.3) is 0 Å². The first-order valence-corrected chi connectivity index (χ1v) is 3.07. The molecule has 0 saturated heterocycles. The Bertz CT molecular complexity index is 134. The molecule has 0 aliphatic carbocycles. The number of nitrogens with two attached hydrogens (primary N) is 1. The first-order chi connectivity index (χ1) is 4.09. The summed E-state index contributed by atoms with van der Waals surface area (Å²) < 4.78 is 0. The van der Waals surface area contributed by atoms with Gasteiger partial charge in [-0.15, -0.1) is 0 Å². The van der Waals surface area contributed by atoms with E-state index in [2.05, 4.69) is 0 Å². The van der Waals surface area contributed by atoms with Crippen LogP contribution in [0.5, 0.6) is 0 Å². The predicted molar refractivity (Wildman–Crippen MR) is 40.5 cm³/mol. The van der Waals surface area contributed by atoms with Gasteiger partial charge in [0.05, 0.1) is 0 Å². The molecule has 2 nitrogen and oxygen atoms in total. The molecule has 0 aromatic rings. The number of allylic oxidation sites excluding steroid dienone is 1. The molecular weight excluding hydrogens is 112 g/mol. The highest BCUT2D eigenvalue weighted by Crippen LogP contribution is 2.02. The Hall–Kier alpha value is -0.790. The van der Waals surface area contributed by atoms with Crippen molar-refractivity contribution in [2.45, 2.75) is 20.8 Å². The van der Waals surface area contributed by atoms with Crippen LogP contribution in [-0.2, 0) is 0 Å². The number of nitrogens with one attached hydrogen (secondary N) is 1. The van der Waals surface area contributed by atoms with E-state index in [0.29, 0.717) is 5.71 Å². The molecule has 0 rings (SSSR count). The van der Waals surface area contributed by atoms with Crippen LogP contribution < -0.4 is 5.73 Å². The fraction of sp³-hybridized carbons (Fsp3) is 0.571. The zero-order valence-corrected chi connectivity index (χ0v) is 6.23. The Kier molecular flexibility index (Phi) is 2.99. The third kappa shape index (κ3) is 2.31. The monoisotopic (exact) mass is 126 g/mol. The molecule has 2 heteroatoms. The standard InChI is InChI=1S/C7H14N2/c1-5(2)7(9)6(3)4-8/h4-5,9H,8H2,1-3H3/b6-4-,9-7?. The molecule has 0 saturated carbocycles. The van der Waals surface area contributed by atoms with E-state index in [9.17, 15) is 0 Å². The molecule has 0 radical (unpaired) electrons. The lowest BCUT2D eigenvalue weighted by atomic mass is 10.0. The topological polar surface area (TPSA) is 49.9 Å². The van der Waals surface area contributed by atoms with Gasteiger partial charge in [-0.2, -0.15) is 0 Å². The average Bonchev–Trinajstić information content (AvgIpc) is 1.84. The molecule has 52 valence electrons. The smallest absolute Gasteiger partial charge is 0.0382 e. The van der Waals surface area contributed by atoms with Gasteiger partial charge >= 0.3 is 0 Å². The summed E-state index contributed by atoms with van der Waals surface area (Å²) in [5.74, 6) is 0.282. The molecule has 0 spiro atoms. The van der Waals surface area contributed by atoms with Crippen LogP contribution in [0.15, 0.2) is 11.8 Å². The molecule has 0 aliphatic heterocycles. The van der Waals surface area contributed by atoms with Gasteiger partial charge in [0, 0.05) is 5.71 Å². The summed E-state index contributed by atoms with van der Waals surface area (Å²) in [6.07, 6.45) is 1.47. The number of hydrogen-bond donors (Lipinski definition) is 2. The van der Waals surface area contributed by atoms with Crippen molar-refractivity contribution in [2.24, 2.45) is 11.7 Å². The van der Waals surface area contributed by atoms with Crippen LogP contribution >= 0.6 is 0 Å². The van der Waals surface area contributed by atoms with E-state index >= 15 is 0 Å². The van der Waals surface area contributed by atoms with Crippen molar-refractivity contribution in [2.75, 3.05) is 0 Å². The molecule has 0 atom stereocenters. The van der Waals surface area contributed by atoms with Gasteiger partial charge < -0.3 is 11.1 Å². The van der Waals surface area contributed by atoms with Crippen LogP contribution in [0, 0.1) is 11.3 Å². The van der Waals surface area contributed by atoms with Gasteiger partial charge in [0.2, 0.25) is 0 Å². The maximum Gasteiger partial charge on any atom is 0.0382 e. The highest BCUT2D eigenvalue weighted by Gasteiger charge is 2.02. The molecule has 0 aromatic carbocycles. The molecule has 0 aromatic heterocycles. The second kappa shape index (κ2) is 3.28. The molecule has 0 amide bonds. The molecule has 3 N–H and O–H groups in total. The van der Waals surface area contributed by atoms with Crippen molar-refractivity contribution in [1.29, 1.82) is 5.41 Å². The molecular formula is C7H14N2. The Morgan fingerprint density at radius 1 is 1.56 bits per heavy atom. The van der Waals surface area contributed by atoms with Crippen molar-refractivity contribution < 1.29 is 0 Å². The van der Waals surface area contributed by atoms with E-state index < -0.39 is 0 Å². The van der Waals surface area contributed by atoms with Crippen LogP contribution in [0.2, 0.25) is 0 Å². The van der Waals surface area contributed by atoms with E-state index in [1.807, 2.05) is 20.8 Å². The molecule has 0 aliphatic rings. The third-order valence-corrected chi connectivity index (χ3v) is 1.25. The van der Waals surface area contributed by atoms with E-state index in [1.54, 1.807) is 0 Å². The van der Waals surface area contributed by atoms with Crippen LogP contribution in [-0.4, -0.2) is 5.71 Å². The van der Waals surface area contributed by atoms with Crippen LogP contribution in [0.3, 0.4) is 0 Å². The minimum Gasteiger partial charge on any atom is -0.404 e. The summed E-state index contributed by atoms with van der Waals surface area (Å²) >= 11 is 0. The van der Waals surface area contributed by atoms with Crippen molar-refractivity contribution in [3.05, 3.63) is 11.8 Å². The molecule has 9 heavy (non-hydrogen) atoms. The highest BCUT2D eigenvalue weighted by atomic mass is 14.5. The van der Waals surface area contributed by atoms with Crippen LogP contribution in [0.1, 0.15) is 20.8 Å². The van der Waals surface area contributed by atoms with Gasteiger partial charge in [-0.1, -0.05) is 13.8 Å². The summed E-state index contributed by atoms with van der Waals surface area (Å²) in [6, 6.07) is 0. The third-order valence-electron chi connectivity index (χ3n) is 1.25. The molecule has 0 fully saturated rings.